The Kier molecular flexibility index (Phi) is 5.77. The zero-order chi connectivity index (χ0) is 13.8. The quantitative estimate of drug-likeness (QED) is 0.717. The van der Waals surface area contributed by atoms with E-state index in [0.717, 1.165) is 11.3 Å². The fourth-order valence-corrected chi connectivity index (χ4v) is 8.43. The van der Waals surface area contributed by atoms with Crippen LogP contribution in [0.25, 0.3) is 0 Å². The molecule has 0 atom stereocenters. The second-order valence-corrected chi connectivity index (χ2v) is 10.0. The van der Waals surface area contributed by atoms with E-state index in [2.05, 4.69) is 16.6 Å². The lowest BCUT2D eigenvalue weighted by Gasteiger charge is -2.47. The van der Waals surface area contributed by atoms with Crippen LogP contribution in [0.4, 0.5) is 0 Å². The first-order valence-electron chi connectivity index (χ1n) is 9.06. The van der Waals surface area contributed by atoms with Crippen molar-refractivity contribution in [3.63, 3.8) is 0 Å². The summed E-state index contributed by atoms with van der Waals surface area (Å²) in [4.78, 5) is 2.52. The van der Waals surface area contributed by atoms with Crippen LogP contribution < -0.4 is 0 Å². The van der Waals surface area contributed by atoms with Gasteiger partial charge in [-0.2, -0.15) is 0 Å². The highest BCUT2D eigenvalue weighted by molar-refractivity contribution is 7.56. The van der Waals surface area contributed by atoms with Crippen LogP contribution in [0.1, 0.15) is 64.2 Å². The first-order valence-corrected chi connectivity index (χ1v) is 10.5. The predicted octanol–water partition coefficient (Wildman–Crippen LogP) is 4.30. The standard InChI is InChI=1S/C17H33N2P/c1-18-12-14-19(15-13-18)20(16-8-4-2-5-9-16)17-10-6-3-7-11-17/h16-17H,2-15H2,1H3. The Bertz CT molecular complexity index is 259. The summed E-state index contributed by atoms with van der Waals surface area (Å²) >= 11 is 0. The second-order valence-electron chi connectivity index (χ2n) is 7.22. The Labute approximate surface area is 127 Å². The third-order valence-electron chi connectivity index (χ3n) is 5.70. The van der Waals surface area contributed by atoms with Gasteiger partial charge in [-0.3, -0.25) is 4.67 Å². The molecule has 2 saturated carbocycles. The highest BCUT2D eigenvalue weighted by atomic mass is 31.1. The molecule has 0 spiro atoms. The highest BCUT2D eigenvalue weighted by Gasteiger charge is 2.36. The molecule has 0 aromatic heterocycles. The third-order valence-corrected chi connectivity index (χ3v) is 9.29. The zero-order valence-corrected chi connectivity index (χ0v) is 14.3. The van der Waals surface area contributed by atoms with Crippen molar-refractivity contribution in [2.24, 2.45) is 0 Å². The first kappa shape index (κ1) is 15.3. The minimum atomic E-state index is 0.172. The van der Waals surface area contributed by atoms with E-state index in [1.54, 1.807) is 25.7 Å². The molecule has 3 rings (SSSR count). The largest absolute Gasteiger partial charge is 0.304 e. The third kappa shape index (κ3) is 3.76. The van der Waals surface area contributed by atoms with Crippen LogP contribution in [0, 0.1) is 0 Å². The molecule has 0 N–H and O–H groups in total. The van der Waals surface area contributed by atoms with Gasteiger partial charge >= 0.3 is 0 Å². The highest BCUT2D eigenvalue weighted by Crippen LogP contribution is 2.58. The summed E-state index contributed by atoms with van der Waals surface area (Å²) in [5.41, 5.74) is 2.18. The number of nitrogens with zero attached hydrogens (tertiary/aromatic N) is 2. The molecule has 0 aromatic rings. The van der Waals surface area contributed by atoms with Gasteiger partial charge in [0.1, 0.15) is 0 Å². The van der Waals surface area contributed by atoms with Gasteiger partial charge in [-0.05, 0) is 52.1 Å². The SMILES string of the molecule is CN1CCN(P(C2CCCCC2)C2CCCCC2)CC1. The van der Waals surface area contributed by atoms with Gasteiger partial charge in [0.15, 0.2) is 0 Å². The van der Waals surface area contributed by atoms with Gasteiger partial charge in [0.2, 0.25) is 0 Å². The van der Waals surface area contributed by atoms with E-state index in [-0.39, 0.29) is 8.07 Å². The van der Waals surface area contributed by atoms with E-state index in [4.69, 9.17) is 0 Å². The van der Waals surface area contributed by atoms with Crippen LogP contribution in [0.5, 0.6) is 0 Å². The van der Waals surface area contributed by atoms with Gasteiger partial charge in [-0.25, -0.2) is 0 Å². The molecule has 116 valence electrons. The molecule has 3 heteroatoms. The monoisotopic (exact) mass is 296 g/mol. The zero-order valence-electron chi connectivity index (χ0n) is 13.4. The van der Waals surface area contributed by atoms with Gasteiger partial charge in [-0.15, -0.1) is 0 Å². The van der Waals surface area contributed by atoms with Gasteiger partial charge < -0.3 is 4.90 Å². The summed E-state index contributed by atoms with van der Waals surface area (Å²) in [6.45, 7) is 5.32. The smallest absolute Gasteiger partial charge is 0.0150 e. The van der Waals surface area contributed by atoms with Crippen molar-refractivity contribution in [1.82, 2.24) is 9.57 Å². The topological polar surface area (TPSA) is 6.48 Å². The molecule has 20 heavy (non-hydrogen) atoms. The maximum Gasteiger partial charge on any atom is 0.0150 e. The molecule has 0 aromatic carbocycles. The fraction of sp³-hybridized carbons (Fsp3) is 1.00. The van der Waals surface area contributed by atoms with E-state index in [1.807, 2.05) is 0 Å². The number of piperazine rings is 1. The van der Waals surface area contributed by atoms with Crippen LogP contribution in [0.3, 0.4) is 0 Å². The minimum absolute atomic E-state index is 0.172. The summed E-state index contributed by atoms with van der Waals surface area (Å²) in [5.74, 6) is 0. The van der Waals surface area contributed by atoms with Crippen LogP contribution in [-0.4, -0.2) is 54.1 Å². The summed E-state index contributed by atoms with van der Waals surface area (Å²) in [7, 11) is 2.46. The average molecular weight is 296 g/mol. The van der Waals surface area contributed by atoms with Crippen LogP contribution >= 0.6 is 8.07 Å². The maximum atomic E-state index is 2.97. The van der Waals surface area contributed by atoms with Crippen molar-refractivity contribution in [3.05, 3.63) is 0 Å². The number of rotatable bonds is 3. The summed E-state index contributed by atoms with van der Waals surface area (Å²) < 4.78 is 2.97. The average Bonchev–Trinajstić information content (AvgIpc) is 2.52. The van der Waals surface area contributed by atoms with E-state index in [0.29, 0.717) is 0 Å². The Morgan fingerprint density at radius 1 is 0.650 bits per heavy atom. The van der Waals surface area contributed by atoms with E-state index in [9.17, 15) is 0 Å². The van der Waals surface area contributed by atoms with E-state index in [1.165, 1.54) is 64.7 Å². The van der Waals surface area contributed by atoms with E-state index < -0.39 is 0 Å². The predicted molar refractivity (Wildman–Crippen MR) is 89.7 cm³/mol. The number of hydrogen-bond donors (Lipinski definition) is 0. The number of likely N-dealkylation sites (N-methyl/N-ethyl adjacent to an activating group) is 1. The normalized spacial score (nSPS) is 29.1. The molecule has 1 aliphatic heterocycles. The van der Waals surface area contributed by atoms with Crippen molar-refractivity contribution in [1.29, 1.82) is 0 Å². The van der Waals surface area contributed by atoms with Crippen LogP contribution in [0.15, 0.2) is 0 Å². The summed E-state index contributed by atoms with van der Waals surface area (Å²) in [6, 6.07) is 0. The molecule has 3 aliphatic rings. The first-order chi connectivity index (χ1) is 9.84. The molecular weight excluding hydrogens is 263 g/mol. The molecular formula is C17H33N2P. The molecule has 2 aliphatic carbocycles. The van der Waals surface area contributed by atoms with Gasteiger partial charge in [0, 0.05) is 26.2 Å². The molecule has 0 amide bonds. The Balaban J connectivity index is 1.68. The molecule has 0 bridgehead atoms. The molecule has 2 nitrogen and oxygen atoms in total. The molecule has 1 heterocycles. The Hall–Kier alpha value is 0.350. The summed E-state index contributed by atoms with van der Waals surface area (Å²) in [5, 5.41) is 0. The molecule has 0 radical (unpaired) electrons. The maximum absolute atomic E-state index is 2.97. The van der Waals surface area contributed by atoms with Crippen molar-refractivity contribution < 1.29 is 0 Å². The molecule has 3 fully saturated rings. The minimum Gasteiger partial charge on any atom is -0.304 e. The number of hydrogen-bond acceptors (Lipinski definition) is 2. The fourth-order valence-electron chi connectivity index (χ4n) is 4.48. The molecule has 0 unspecified atom stereocenters. The molecule has 1 saturated heterocycles. The Morgan fingerprint density at radius 3 is 1.55 bits per heavy atom. The lowest BCUT2D eigenvalue weighted by molar-refractivity contribution is 0.224. The van der Waals surface area contributed by atoms with Crippen molar-refractivity contribution in [2.75, 3.05) is 33.2 Å². The van der Waals surface area contributed by atoms with Gasteiger partial charge in [0.05, 0.1) is 0 Å². The van der Waals surface area contributed by atoms with E-state index >= 15 is 0 Å². The van der Waals surface area contributed by atoms with Crippen molar-refractivity contribution in [2.45, 2.75) is 75.5 Å². The lowest BCUT2D eigenvalue weighted by atomic mass is 10.00. The second kappa shape index (κ2) is 7.56. The van der Waals surface area contributed by atoms with Crippen LogP contribution in [-0.2, 0) is 0 Å². The van der Waals surface area contributed by atoms with Gasteiger partial charge in [-0.1, -0.05) is 38.5 Å². The summed E-state index contributed by atoms with van der Waals surface area (Å²) in [6.07, 6.45) is 15.3. The van der Waals surface area contributed by atoms with Gasteiger partial charge in [0.25, 0.3) is 0 Å². The lowest BCUT2D eigenvalue weighted by Crippen LogP contribution is -2.44. The van der Waals surface area contributed by atoms with Crippen molar-refractivity contribution in [3.8, 4) is 0 Å². The Morgan fingerprint density at radius 2 is 1.10 bits per heavy atom. The van der Waals surface area contributed by atoms with Crippen LogP contribution in [0.2, 0.25) is 0 Å². The van der Waals surface area contributed by atoms with Crippen molar-refractivity contribution >= 4 is 8.07 Å².